The molecule has 0 spiro atoms. The maximum absolute atomic E-state index is 13.1. The van der Waals surface area contributed by atoms with Crippen LogP contribution in [0.3, 0.4) is 0 Å². The van der Waals surface area contributed by atoms with Gasteiger partial charge in [0.25, 0.3) is 0 Å². The Morgan fingerprint density at radius 3 is 2.05 bits per heavy atom. The van der Waals surface area contributed by atoms with Gasteiger partial charge in [-0.2, -0.15) is 0 Å². The second-order valence-electron chi connectivity index (χ2n) is 9.23. The van der Waals surface area contributed by atoms with Crippen molar-refractivity contribution in [3.8, 4) is 0 Å². The lowest BCUT2D eigenvalue weighted by atomic mass is 9.90. The number of aliphatic carboxylic acids is 1. The number of carboxylic acid groups (broad SMARTS) is 1. The van der Waals surface area contributed by atoms with Gasteiger partial charge in [-0.15, -0.1) is 13.2 Å². The highest BCUT2D eigenvalue weighted by Gasteiger charge is 2.37. The van der Waals surface area contributed by atoms with Crippen LogP contribution in [0.25, 0.3) is 0 Å². The van der Waals surface area contributed by atoms with Gasteiger partial charge in [-0.25, -0.2) is 4.79 Å². The SMILES string of the molecule is C=CCC(CC=C)(N=C(c1ccccc1)c1ccccc1NC(=O)CN(CCCC)CCCC)C(=O)O. The Kier molecular flexibility index (Phi) is 12.5. The first kappa shape index (κ1) is 29.7. The third-order valence-electron chi connectivity index (χ3n) is 6.21. The van der Waals surface area contributed by atoms with Gasteiger partial charge in [0.15, 0.2) is 5.54 Å². The van der Waals surface area contributed by atoms with Crippen molar-refractivity contribution in [3.05, 3.63) is 91.0 Å². The fourth-order valence-corrected chi connectivity index (χ4v) is 4.19. The Labute approximate surface area is 221 Å². The molecule has 0 aliphatic heterocycles. The summed E-state index contributed by atoms with van der Waals surface area (Å²) in [6, 6.07) is 16.9. The molecule has 1 amide bonds. The molecule has 198 valence electrons. The first-order valence-electron chi connectivity index (χ1n) is 13.1. The summed E-state index contributed by atoms with van der Waals surface area (Å²) in [6.07, 6.45) is 7.66. The smallest absolute Gasteiger partial charge is 0.332 e. The van der Waals surface area contributed by atoms with Crippen LogP contribution in [0.15, 0.2) is 84.9 Å². The van der Waals surface area contributed by atoms with Crippen molar-refractivity contribution in [2.45, 2.75) is 57.9 Å². The van der Waals surface area contributed by atoms with Crippen molar-refractivity contribution >= 4 is 23.3 Å². The number of carboxylic acids is 1. The largest absolute Gasteiger partial charge is 0.479 e. The van der Waals surface area contributed by atoms with Gasteiger partial charge < -0.3 is 10.4 Å². The van der Waals surface area contributed by atoms with Crippen molar-refractivity contribution in [2.75, 3.05) is 25.0 Å². The number of hydrogen-bond donors (Lipinski definition) is 2. The number of nitrogens with zero attached hydrogens (tertiary/aromatic N) is 2. The van der Waals surface area contributed by atoms with Gasteiger partial charge in [-0.05, 0) is 32.0 Å². The summed E-state index contributed by atoms with van der Waals surface area (Å²) < 4.78 is 0. The average Bonchev–Trinajstić information content (AvgIpc) is 2.89. The van der Waals surface area contributed by atoms with Crippen LogP contribution in [-0.2, 0) is 9.59 Å². The van der Waals surface area contributed by atoms with Crippen molar-refractivity contribution in [2.24, 2.45) is 4.99 Å². The summed E-state index contributed by atoms with van der Waals surface area (Å²) in [6.45, 7) is 13.9. The summed E-state index contributed by atoms with van der Waals surface area (Å²) in [5, 5.41) is 13.3. The molecule has 2 aromatic rings. The molecule has 6 heteroatoms. The molecular weight excluding hydrogens is 462 g/mol. The van der Waals surface area contributed by atoms with Crippen LogP contribution in [0.1, 0.15) is 63.5 Å². The summed E-state index contributed by atoms with van der Waals surface area (Å²) in [5.41, 5.74) is 1.06. The van der Waals surface area contributed by atoms with E-state index in [9.17, 15) is 14.7 Å². The van der Waals surface area contributed by atoms with Crippen molar-refractivity contribution in [1.29, 1.82) is 0 Å². The zero-order valence-electron chi connectivity index (χ0n) is 22.3. The lowest BCUT2D eigenvalue weighted by Gasteiger charge is -2.25. The lowest BCUT2D eigenvalue weighted by Crippen LogP contribution is -2.37. The molecule has 0 aliphatic rings. The summed E-state index contributed by atoms with van der Waals surface area (Å²) in [4.78, 5) is 32.7. The number of carbonyl (C=O) groups excluding carboxylic acids is 1. The molecule has 0 aromatic heterocycles. The molecule has 0 atom stereocenters. The van der Waals surface area contributed by atoms with E-state index in [0.717, 1.165) is 44.3 Å². The van der Waals surface area contributed by atoms with Gasteiger partial charge in [0, 0.05) is 24.0 Å². The minimum atomic E-state index is -1.46. The Hall–Kier alpha value is -3.51. The van der Waals surface area contributed by atoms with Crippen LogP contribution < -0.4 is 5.32 Å². The average molecular weight is 504 g/mol. The van der Waals surface area contributed by atoms with Crippen LogP contribution >= 0.6 is 0 Å². The number of para-hydroxylation sites is 1. The van der Waals surface area contributed by atoms with Crippen molar-refractivity contribution < 1.29 is 14.7 Å². The van der Waals surface area contributed by atoms with Gasteiger partial charge in [0.1, 0.15) is 0 Å². The Balaban J connectivity index is 2.52. The normalized spacial score (nSPS) is 11.8. The standard InChI is InChI=1S/C31H41N3O3/c1-5-9-22-34(23-10-6-2)24-28(35)32-27-19-15-14-18-26(27)29(25-16-12-11-13-17-25)33-31(20-7-3,21-8-4)30(36)37/h7-8,11-19H,3-6,9-10,20-24H2,1-2H3,(H,32,35)(H,36,37). The minimum absolute atomic E-state index is 0.103. The number of nitrogens with one attached hydrogen (secondary N) is 1. The molecule has 0 unspecified atom stereocenters. The predicted octanol–water partition coefficient (Wildman–Crippen LogP) is 6.34. The quantitative estimate of drug-likeness (QED) is 0.195. The topological polar surface area (TPSA) is 82.0 Å². The fraction of sp³-hybridized carbons (Fsp3) is 0.387. The van der Waals surface area contributed by atoms with Crippen LogP contribution in [0.2, 0.25) is 0 Å². The Morgan fingerprint density at radius 1 is 0.946 bits per heavy atom. The number of aliphatic imine (C=N–C) groups is 1. The maximum atomic E-state index is 13.1. The van der Waals surface area contributed by atoms with E-state index >= 15 is 0 Å². The highest BCUT2D eigenvalue weighted by atomic mass is 16.4. The molecule has 2 rings (SSSR count). The van der Waals surface area contributed by atoms with Gasteiger partial charge in [-0.3, -0.25) is 14.7 Å². The number of hydrogen-bond acceptors (Lipinski definition) is 4. The third kappa shape index (κ3) is 8.83. The maximum Gasteiger partial charge on any atom is 0.332 e. The molecule has 0 heterocycles. The van der Waals surface area contributed by atoms with E-state index in [-0.39, 0.29) is 18.7 Å². The van der Waals surface area contributed by atoms with Crippen molar-refractivity contribution in [3.63, 3.8) is 0 Å². The van der Waals surface area contributed by atoms with E-state index in [1.807, 2.05) is 54.6 Å². The summed E-state index contributed by atoms with van der Waals surface area (Å²) >= 11 is 0. The monoisotopic (exact) mass is 503 g/mol. The molecule has 0 fully saturated rings. The highest BCUT2D eigenvalue weighted by Crippen LogP contribution is 2.28. The first-order valence-corrected chi connectivity index (χ1v) is 13.1. The number of rotatable bonds is 17. The molecule has 0 saturated heterocycles. The van der Waals surface area contributed by atoms with Gasteiger partial charge in [0.2, 0.25) is 5.91 Å². The van der Waals surface area contributed by atoms with E-state index < -0.39 is 11.5 Å². The number of benzene rings is 2. The second-order valence-corrected chi connectivity index (χ2v) is 9.23. The molecule has 37 heavy (non-hydrogen) atoms. The van der Waals surface area contributed by atoms with Crippen LogP contribution in [0, 0.1) is 0 Å². The van der Waals surface area contributed by atoms with Crippen molar-refractivity contribution in [1.82, 2.24) is 4.90 Å². The first-order chi connectivity index (χ1) is 17.9. The Bertz CT molecular complexity index is 1040. The summed E-state index contributed by atoms with van der Waals surface area (Å²) in [5.74, 6) is -1.15. The number of amides is 1. The van der Waals surface area contributed by atoms with E-state index in [1.165, 1.54) is 0 Å². The van der Waals surface area contributed by atoms with Crippen LogP contribution in [0.5, 0.6) is 0 Å². The van der Waals surface area contributed by atoms with Gasteiger partial charge in [0.05, 0.1) is 17.9 Å². The van der Waals surface area contributed by atoms with E-state index in [0.29, 0.717) is 23.5 Å². The molecule has 0 bridgehead atoms. The molecular formula is C31H41N3O3. The molecule has 2 aromatic carbocycles. The molecule has 0 saturated carbocycles. The van der Waals surface area contributed by atoms with E-state index in [4.69, 9.17) is 4.99 Å². The van der Waals surface area contributed by atoms with Gasteiger partial charge >= 0.3 is 5.97 Å². The highest BCUT2D eigenvalue weighted by molar-refractivity contribution is 6.18. The third-order valence-corrected chi connectivity index (χ3v) is 6.21. The van der Waals surface area contributed by atoms with Crippen LogP contribution in [0.4, 0.5) is 5.69 Å². The lowest BCUT2D eigenvalue weighted by molar-refractivity contribution is -0.143. The molecule has 6 nitrogen and oxygen atoms in total. The molecule has 0 aliphatic carbocycles. The zero-order valence-corrected chi connectivity index (χ0v) is 22.3. The van der Waals surface area contributed by atoms with E-state index in [1.54, 1.807) is 12.2 Å². The molecule has 2 N–H and O–H groups in total. The second kappa shape index (κ2) is 15.6. The van der Waals surface area contributed by atoms with Crippen LogP contribution in [-0.4, -0.2) is 52.8 Å². The Morgan fingerprint density at radius 2 is 1.51 bits per heavy atom. The van der Waals surface area contributed by atoms with E-state index in [2.05, 4.69) is 37.2 Å². The number of anilines is 1. The minimum Gasteiger partial charge on any atom is -0.479 e. The predicted molar refractivity (Wildman–Crippen MR) is 153 cm³/mol. The number of carbonyl (C=O) groups is 2. The summed E-state index contributed by atoms with van der Waals surface area (Å²) in [7, 11) is 0. The number of unbranched alkanes of at least 4 members (excludes halogenated alkanes) is 2. The fourth-order valence-electron chi connectivity index (χ4n) is 4.19. The molecule has 0 radical (unpaired) electrons. The zero-order chi connectivity index (χ0) is 27.1. The van der Waals surface area contributed by atoms with Gasteiger partial charge in [-0.1, -0.05) is 87.4 Å².